The van der Waals surface area contributed by atoms with E-state index in [1.807, 2.05) is 31.2 Å². The van der Waals surface area contributed by atoms with E-state index in [-0.39, 0.29) is 17.6 Å². The maximum atomic E-state index is 13.6. The Morgan fingerprint density at radius 1 is 1.21 bits per heavy atom. The van der Waals surface area contributed by atoms with Crippen LogP contribution in [0.5, 0.6) is 5.75 Å². The number of hydrogen-bond acceptors (Lipinski definition) is 4. The third-order valence-electron chi connectivity index (χ3n) is 6.54. The lowest BCUT2D eigenvalue weighted by molar-refractivity contribution is -0.123. The summed E-state index contributed by atoms with van der Waals surface area (Å²) in [6, 6.07) is 11.6. The van der Waals surface area contributed by atoms with Crippen LogP contribution in [0.4, 0.5) is 5.69 Å². The fraction of sp³-hybridized carbons (Fsp3) is 0.480. The number of sulfonamides is 1. The summed E-state index contributed by atoms with van der Waals surface area (Å²) in [5.74, 6) is 0.418. The maximum absolute atomic E-state index is 13.6. The quantitative estimate of drug-likeness (QED) is 0.536. The van der Waals surface area contributed by atoms with Crippen LogP contribution in [0.15, 0.2) is 42.5 Å². The monoisotopic (exact) mass is 492 g/mol. The van der Waals surface area contributed by atoms with E-state index >= 15 is 0 Å². The van der Waals surface area contributed by atoms with E-state index in [2.05, 4.69) is 19.2 Å². The van der Waals surface area contributed by atoms with Gasteiger partial charge in [0.2, 0.25) is 15.9 Å². The highest BCUT2D eigenvalue weighted by Gasteiger charge is 2.41. The molecule has 0 fully saturated rings. The molecule has 0 radical (unpaired) electrons. The molecule has 0 unspecified atom stereocenters. The van der Waals surface area contributed by atoms with E-state index in [4.69, 9.17) is 16.3 Å². The highest BCUT2D eigenvalue weighted by molar-refractivity contribution is 7.92. The topological polar surface area (TPSA) is 75.7 Å². The van der Waals surface area contributed by atoms with Crippen molar-refractivity contribution < 1.29 is 17.9 Å². The lowest BCUT2D eigenvalue weighted by Crippen LogP contribution is -2.52. The first kappa shape index (κ1) is 25.4. The number of rotatable bonds is 8. The van der Waals surface area contributed by atoms with Gasteiger partial charge in [0, 0.05) is 17.0 Å². The normalized spacial score (nSPS) is 18.1. The van der Waals surface area contributed by atoms with Gasteiger partial charge in [0.25, 0.3) is 0 Å². The summed E-state index contributed by atoms with van der Waals surface area (Å²) in [6.07, 6.45) is 3.65. The van der Waals surface area contributed by atoms with E-state index < -0.39 is 16.1 Å². The van der Waals surface area contributed by atoms with Gasteiger partial charge < -0.3 is 10.1 Å². The van der Waals surface area contributed by atoms with Gasteiger partial charge in [-0.1, -0.05) is 56.6 Å². The number of nitrogens with zero attached hydrogens (tertiary/aromatic N) is 1. The smallest absolute Gasteiger partial charge is 0.244 e. The summed E-state index contributed by atoms with van der Waals surface area (Å²) in [7, 11) is -3.76. The second-order valence-corrected chi connectivity index (χ2v) is 11.0. The number of nitrogens with one attached hydrogen (secondary N) is 1. The predicted molar refractivity (Wildman–Crippen MR) is 133 cm³/mol. The van der Waals surface area contributed by atoms with Crippen molar-refractivity contribution in [1.82, 2.24) is 5.32 Å². The molecule has 0 saturated carbocycles. The van der Waals surface area contributed by atoms with E-state index in [1.54, 1.807) is 25.1 Å². The highest BCUT2D eigenvalue weighted by Crippen LogP contribution is 2.42. The Hall–Kier alpha value is -2.25. The Morgan fingerprint density at radius 3 is 2.48 bits per heavy atom. The lowest BCUT2D eigenvalue weighted by Gasteiger charge is -2.42. The Morgan fingerprint density at radius 2 is 1.88 bits per heavy atom. The number of carbonyl (C=O) groups excluding carboxylic acids is 1. The molecule has 2 aromatic rings. The molecule has 1 N–H and O–H groups in total. The summed E-state index contributed by atoms with van der Waals surface area (Å²) < 4.78 is 33.3. The van der Waals surface area contributed by atoms with Gasteiger partial charge in [-0.05, 0) is 49.9 Å². The molecule has 0 aliphatic carbocycles. The molecule has 0 saturated heterocycles. The molecule has 0 bridgehead atoms. The van der Waals surface area contributed by atoms with Crippen LogP contribution in [-0.2, 0) is 14.8 Å². The largest absolute Gasteiger partial charge is 0.487 e. The molecular weight excluding hydrogens is 460 g/mol. The first-order valence-electron chi connectivity index (χ1n) is 11.4. The molecule has 8 heteroatoms. The number of fused-ring (bicyclic) bond motifs is 1. The summed E-state index contributed by atoms with van der Waals surface area (Å²) in [5.41, 5.74) is 1.66. The van der Waals surface area contributed by atoms with Gasteiger partial charge in [-0.15, -0.1) is 0 Å². The fourth-order valence-electron chi connectivity index (χ4n) is 4.55. The van der Waals surface area contributed by atoms with Gasteiger partial charge in [-0.3, -0.25) is 9.10 Å². The minimum Gasteiger partial charge on any atom is -0.487 e. The van der Waals surface area contributed by atoms with Crippen LogP contribution in [-0.4, -0.2) is 32.2 Å². The molecule has 2 aromatic carbocycles. The summed E-state index contributed by atoms with van der Waals surface area (Å²) >= 11 is 6.18. The molecule has 1 heterocycles. The Bertz CT molecular complexity index is 1120. The zero-order valence-electron chi connectivity index (χ0n) is 19.9. The van der Waals surface area contributed by atoms with Gasteiger partial charge >= 0.3 is 0 Å². The molecule has 180 valence electrons. The first-order valence-corrected chi connectivity index (χ1v) is 13.6. The Kier molecular flexibility index (Phi) is 7.64. The van der Waals surface area contributed by atoms with Crippen molar-refractivity contribution in [2.45, 2.75) is 71.1 Å². The summed E-state index contributed by atoms with van der Waals surface area (Å²) in [5, 5.41) is 3.56. The second-order valence-electron chi connectivity index (χ2n) is 8.71. The van der Waals surface area contributed by atoms with Gasteiger partial charge in [0.05, 0.1) is 18.0 Å². The fourth-order valence-corrected chi connectivity index (χ4v) is 5.98. The van der Waals surface area contributed by atoms with E-state index in [1.165, 1.54) is 4.31 Å². The van der Waals surface area contributed by atoms with E-state index in [9.17, 15) is 13.2 Å². The molecular formula is C25H33ClN2O4S. The number of amides is 1. The first-order chi connectivity index (χ1) is 15.5. The van der Waals surface area contributed by atoms with Gasteiger partial charge in [0.15, 0.2) is 0 Å². The maximum Gasteiger partial charge on any atom is 0.244 e. The molecule has 1 aliphatic rings. The van der Waals surface area contributed by atoms with Crippen molar-refractivity contribution in [2.24, 2.45) is 0 Å². The third kappa shape index (κ3) is 5.30. The highest BCUT2D eigenvalue weighted by atomic mass is 35.5. The number of anilines is 1. The molecule has 3 rings (SSSR count). The van der Waals surface area contributed by atoms with Crippen LogP contribution in [0.3, 0.4) is 0 Å². The molecule has 0 aromatic heterocycles. The number of ether oxygens (including phenoxy) is 1. The minimum absolute atomic E-state index is 0.279. The molecule has 2 atom stereocenters. The van der Waals surface area contributed by atoms with Crippen LogP contribution < -0.4 is 14.4 Å². The Labute approximate surface area is 202 Å². The van der Waals surface area contributed by atoms with Crippen molar-refractivity contribution in [3.8, 4) is 5.75 Å². The SMILES string of the molecule is CC[C@H](C(=O)N[C@H]1CC(CC)(CC)Oc2ccccc21)N(c1cc(Cl)ccc1C)S(C)(=O)=O. The number of para-hydroxylation sites is 1. The molecule has 1 aliphatic heterocycles. The van der Waals surface area contributed by atoms with Gasteiger partial charge in [0.1, 0.15) is 17.4 Å². The van der Waals surface area contributed by atoms with Crippen LogP contribution in [0, 0.1) is 6.92 Å². The Balaban J connectivity index is 1.99. The molecule has 33 heavy (non-hydrogen) atoms. The number of halogens is 1. The van der Waals surface area contributed by atoms with Crippen LogP contribution in [0.25, 0.3) is 0 Å². The molecule has 0 spiro atoms. The van der Waals surface area contributed by atoms with Crippen molar-refractivity contribution in [1.29, 1.82) is 0 Å². The van der Waals surface area contributed by atoms with E-state index in [0.29, 0.717) is 23.6 Å². The van der Waals surface area contributed by atoms with E-state index in [0.717, 1.165) is 36.0 Å². The number of benzene rings is 2. The number of carbonyl (C=O) groups is 1. The summed E-state index contributed by atoms with van der Waals surface area (Å²) in [4.78, 5) is 13.6. The second kappa shape index (κ2) is 9.94. The van der Waals surface area contributed by atoms with Gasteiger partial charge in [-0.25, -0.2) is 8.42 Å². The zero-order chi connectivity index (χ0) is 24.4. The number of aryl methyl sites for hydroxylation is 1. The molecule has 1 amide bonds. The van der Waals surface area contributed by atoms with Crippen LogP contribution in [0.2, 0.25) is 5.02 Å². The van der Waals surface area contributed by atoms with Crippen molar-refractivity contribution in [3.63, 3.8) is 0 Å². The molecule has 6 nitrogen and oxygen atoms in total. The van der Waals surface area contributed by atoms with Crippen LogP contribution in [0.1, 0.15) is 63.6 Å². The van der Waals surface area contributed by atoms with Crippen molar-refractivity contribution >= 4 is 33.2 Å². The lowest BCUT2D eigenvalue weighted by atomic mass is 9.83. The van der Waals surface area contributed by atoms with Crippen LogP contribution >= 0.6 is 11.6 Å². The zero-order valence-corrected chi connectivity index (χ0v) is 21.5. The van der Waals surface area contributed by atoms with Gasteiger partial charge in [-0.2, -0.15) is 0 Å². The number of hydrogen-bond donors (Lipinski definition) is 1. The summed E-state index contributed by atoms with van der Waals surface area (Å²) in [6.45, 7) is 7.78. The average Bonchev–Trinajstić information content (AvgIpc) is 2.78. The third-order valence-corrected chi connectivity index (χ3v) is 7.94. The van der Waals surface area contributed by atoms with Crippen molar-refractivity contribution in [2.75, 3.05) is 10.6 Å². The average molecular weight is 493 g/mol. The predicted octanol–water partition coefficient (Wildman–Crippen LogP) is 5.39. The minimum atomic E-state index is -3.76. The van der Waals surface area contributed by atoms with Crippen molar-refractivity contribution in [3.05, 3.63) is 58.6 Å². The standard InChI is InChI=1S/C25H33ClN2O4S/c1-6-21(28(33(5,30)31)22-15-18(26)14-13-17(22)4)24(29)27-20-16-25(7-2,8-3)32-23-12-10-9-11-19(20)23/h9-15,20-21H,6-8,16H2,1-5H3,(H,27,29)/t20-,21+/m0/s1.